The fraction of sp³-hybridized carbons (Fsp3) is 0.370. The van der Waals surface area contributed by atoms with Crippen LogP contribution in [0.1, 0.15) is 57.7 Å². The summed E-state index contributed by atoms with van der Waals surface area (Å²) in [5, 5.41) is 14.2. The first kappa shape index (κ1) is 28.1. The summed E-state index contributed by atoms with van der Waals surface area (Å²) in [4.78, 5) is 20.8. The van der Waals surface area contributed by atoms with Crippen molar-refractivity contribution in [1.82, 2.24) is 9.97 Å². The Morgan fingerprint density at radius 3 is 2.49 bits per heavy atom. The fourth-order valence-corrected chi connectivity index (χ4v) is 3.88. The molecule has 188 valence electrons. The van der Waals surface area contributed by atoms with Crippen molar-refractivity contribution in [2.24, 2.45) is 5.73 Å². The van der Waals surface area contributed by atoms with Crippen molar-refractivity contribution in [2.75, 3.05) is 12.4 Å². The Morgan fingerprint density at radius 1 is 1.31 bits per heavy atom. The predicted octanol–water partition coefficient (Wildman–Crippen LogP) is 5.73. The molecule has 1 aromatic heterocycles. The molecule has 1 saturated carbocycles. The Morgan fingerprint density at radius 2 is 2.00 bits per heavy atom. The third kappa shape index (κ3) is 6.71. The number of aliphatic hydroxyl groups is 1. The highest BCUT2D eigenvalue weighted by molar-refractivity contribution is 6.31. The molecule has 2 aromatic rings. The Hall–Kier alpha value is -3.16. The molecule has 0 radical (unpaired) electrons. The lowest BCUT2D eigenvalue weighted by molar-refractivity contribution is -0.114. The highest BCUT2D eigenvalue weighted by atomic mass is 35.5. The number of halogens is 1. The van der Waals surface area contributed by atoms with Gasteiger partial charge < -0.3 is 20.9 Å². The second kappa shape index (κ2) is 12.5. The van der Waals surface area contributed by atoms with Crippen LogP contribution < -0.4 is 15.8 Å². The van der Waals surface area contributed by atoms with Gasteiger partial charge in [-0.25, -0.2) is 0 Å². The number of anilines is 1. The molecule has 0 unspecified atom stereocenters. The number of hydrogen-bond acceptors (Lipinski definition) is 6. The highest BCUT2D eigenvalue weighted by Gasteiger charge is 2.37. The van der Waals surface area contributed by atoms with Crippen molar-refractivity contribution >= 4 is 23.2 Å². The molecule has 1 amide bonds. The number of carbonyl (C=O) groups is 1. The van der Waals surface area contributed by atoms with Gasteiger partial charge in [-0.05, 0) is 56.4 Å². The van der Waals surface area contributed by atoms with Gasteiger partial charge in [0.2, 0.25) is 5.91 Å². The number of primary amides is 1. The number of carbonyl (C=O) groups excluding carboxylic acids is 1. The van der Waals surface area contributed by atoms with Crippen molar-refractivity contribution in [3.63, 3.8) is 0 Å². The molecule has 1 aliphatic carbocycles. The largest absolute Gasteiger partial charge is 0.494 e. The smallest absolute Gasteiger partial charge is 0.250 e. The predicted molar refractivity (Wildman–Crippen MR) is 142 cm³/mol. The lowest BCUT2D eigenvalue weighted by Gasteiger charge is -2.35. The van der Waals surface area contributed by atoms with E-state index < -0.39 is 11.5 Å². The van der Waals surface area contributed by atoms with Crippen LogP contribution >= 0.6 is 11.6 Å². The van der Waals surface area contributed by atoms with Crippen molar-refractivity contribution in [3.8, 4) is 17.0 Å². The number of rotatable bonds is 9. The van der Waals surface area contributed by atoms with Gasteiger partial charge in [0.15, 0.2) is 5.75 Å². The van der Waals surface area contributed by atoms with E-state index in [1.807, 2.05) is 45.9 Å². The summed E-state index contributed by atoms with van der Waals surface area (Å²) in [7, 11) is 1.55. The standard InChI is InChI=1S/C25H29ClN4O3.C2H6/c1-5-7-17(26)12-19(16(3)24(27)31)30-20-11-15(2)10-18(23(20)33-4)21-13-29-22(14-28-21)25(32)8-6-9-25;1-2/h7,10-14,30,32H,3,5-6,8-9H2,1-2,4H3,(H2,27,31);1-2H3/b17-7-,19-12+;. The van der Waals surface area contributed by atoms with Gasteiger partial charge in [-0.15, -0.1) is 0 Å². The Kier molecular flexibility index (Phi) is 10.0. The molecule has 1 aromatic carbocycles. The second-order valence-corrected chi connectivity index (χ2v) is 8.52. The van der Waals surface area contributed by atoms with E-state index in [-0.39, 0.29) is 5.57 Å². The first-order chi connectivity index (χ1) is 16.7. The van der Waals surface area contributed by atoms with E-state index in [2.05, 4.69) is 21.9 Å². The SMILES string of the molecule is C=C(C(N)=O)/C(=C\C(Cl)=C\CC)Nc1cc(C)cc(-c2cnc(C3(O)CCC3)cn2)c1OC.CC. The maximum Gasteiger partial charge on any atom is 0.250 e. The van der Waals surface area contributed by atoms with E-state index >= 15 is 0 Å². The maximum atomic E-state index is 11.8. The van der Waals surface area contributed by atoms with Gasteiger partial charge in [-0.2, -0.15) is 0 Å². The lowest BCUT2D eigenvalue weighted by Crippen LogP contribution is -2.34. The van der Waals surface area contributed by atoms with Crippen molar-refractivity contribution in [2.45, 2.75) is 59.0 Å². The monoisotopic (exact) mass is 498 g/mol. The van der Waals surface area contributed by atoms with Gasteiger partial charge in [0.1, 0.15) is 5.60 Å². The van der Waals surface area contributed by atoms with Gasteiger partial charge >= 0.3 is 0 Å². The van der Waals surface area contributed by atoms with E-state index in [0.717, 1.165) is 18.4 Å². The Labute approximate surface area is 212 Å². The minimum absolute atomic E-state index is 0.0839. The summed E-state index contributed by atoms with van der Waals surface area (Å²) < 4.78 is 5.71. The topological polar surface area (TPSA) is 110 Å². The van der Waals surface area contributed by atoms with Gasteiger partial charge in [0, 0.05) is 10.6 Å². The average Bonchev–Trinajstić information content (AvgIpc) is 2.82. The van der Waals surface area contributed by atoms with Gasteiger partial charge in [-0.1, -0.05) is 45.0 Å². The molecular formula is C27H35ClN4O3. The highest BCUT2D eigenvalue weighted by Crippen LogP contribution is 2.41. The summed E-state index contributed by atoms with van der Waals surface area (Å²) in [6.07, 6.45) is 9.74. The first-order valence-corrected chi connectivity index (χ1v) is 12.1. The zero-order chi connectivity index (χ0) is 26.2. The third-order valence-corrected chi connectivity index (χ3v) is 5.86. The van der Waals surface area contributed by atoms with Crippen LogP contribution in [0.2, 0.25) is 0 Å². The molecule has 35 heavy (non-hydrogen) atoms. The second-order valence-electron chi connectivity index (χ2n) is 8.09. The van der Waals surface area contributed by atoms with Crippen LogP contribution in [0.4, 0.5) is 5.69 Å². The number of allylic oxidation sites excluding steroid dienone is 3. The number of nitrogens with zero attached hydrogens (tertiary/aromatic N) is 2. The van der Waals surface area contributed by atoms with Crippen LogP contribution in [0.3, 0.4) is 0 Å². The van der Waals surface area contributed by atoms with Crippen LogP contribution in [0.25, 0.3) is 11.3 Å². The van der Waals surface area contributed by atoms with E-state index in [4.69, 9.17) is 22.1 Å². The molecule has 0 spiro atoms. The summed E-state index contributed by atoms with van der Waals surface area (Å²) >= 11 is 6.27. The van der Waals surface area contributed by atoms with E-state index in [9.17, 15) is 9.90 Å². The minimum atomic E-state index is -0.880. The van der Waals surface area contributed by atoms with Crippen molar-refractivity contribution in [1.29, 1.82) is 0 Å². The lowest BCUT2D eigenvalue weighted by atomic mass is 9.78. The van der Waals surface area contributed by atoms with E-state index in [1.165, 1.54) is 0 Å². The first-order valence-electron chi connectivity index (χ1n) is 11.8. The zero-order valence-electron chi connectivity index (χ0n) is 21.1. The maximum absolute atomic E-state index is 11.8. The summed E-state index contributed by atoms with van der Waals surface area (Å²) in [6, 6.07) is 3.81. The van der Waals surface area contributed by atoms with Crippen molar-refractivity contribution in [3.05, 3.63) is 70.8 Å². The average molecular weight is 499 g/mol. The summed E-state index contributed by atoms with van der Waals surface area (Å²) in [5.74, 6) is -0.166. The number of nitrogens with two attached hydrogens (primary N) is 1. The fourth-order valence-electron chi connectivity index (χ4n) is 3.62. The molecule has 0 bridgehead atoms. The number of aromatic nitrogens is 2. The Bertz CT molecular complexity index is 1120. The molecule has 1 heterocycles. The van der Waals surface area contributed by atoms with Gasteiger partial charge in [0.05, 0.1) is 47.8 Å². The third-order valence-electron chi connectivity index (χ3n) is 5.60. The van der Waals surface area contributed by atoms with Crippen LogP contribution in [0.5, 0.6) is 5.75 Å². The van der Waals surface area contributed by atoms with Crippen LogP contribution in [0, 0.1) is 6.92 Å². The van der Waals surface area contributed by atoms with Crippen molar-refractivity contribution < 1.29 is 14.6 Å². The number of ether oxygens (including phenoxy) is 1. The molecular weight excluding hydrogens is 464 g/mol. The molecule has 4 N–H and O–H groups in total. The van der Waals surface area contributed by atoms with Gasteiger partial charge in [-0.3, -0.25) is 14.8 Å². The molecule has 0 atom stereocenters. The molecule has 1 aliphatic rings. The molecule has 0 aliphatic heterocycles. The van der Waals surface area contributed by atoms with E-state index in [1.54, 1.807) is 25.6 Å². The van der Waals surface area contributed by atoms with Crippen LogP contribution in [-0.4, -0.2) is 28.1 Å². The van der Waals surface area contributed by atoms with E-state index in [0.29, 0.717) is 52.0 Å². The molecule has 3 rings (SSSR count). The molecule has 8 heteroatoms. The van der Waals surface area contributed by atoms with Crippen LogP contribution in [-0.2, 0) is 10.4 Å². The number of hydrogen-bond donors (Lipinski definition) is 3. The number of benzene rings is 1. The van der Waals surface area contributed by atoms with Crippen LogP contribution in [0.15, 0.2) is 59.6 Å². The molecule has 0 saturated heterocycles. The Balaban J connectivity index is 0.00000210. The number of methoxy groups -OCH3 is 1. The summed E-state index contributed by atoms with van der Waals surface area (Å²) in [6.45, 7) is 11.7. The number of amides is 1. The minimum Gasteiger partial charge on any atom is -0.494 e. The molecule has 1 fully saturated rings. The quantitative estimate of drug-likeness (QED) is 0.301. The number of aryl methyl sites for hydroxylation is 1. The zero-order valence-corrected chi connectivity index (χ0v) is 21.9. The van der Waals surface area contributed by atoms with Gasteiger partial charge in [0.25, 0.3) is 0 Å². The number of nitrogens with one attached hydrogen (secondary N) is 1. The summed E-state index contributed by atoms with van der Waals surface area (Å²) in [5.41, 5.74) is 8.43. The normalized spacial score (nSPS) is 14.8. The molecule has 7 nitrogen and oxygen atoms in total.